The van der Waals surface area contributed by atoms with E-state index in [1.807, 2.05) is 62.9 Å². The number of hydrogen-bond acceptors (Lipinski definition) is 7. The first-order chi connectivity index (χ1) is 30.6. The van der Waals surface area contributed by atoms with Crippen LogP contribution in [0.25, 0.3) is 44.5 Å². The number of fused-ring (bicyclic) bond motifs is 6. The average molecular weight is 871 g/mol. The molecule has 12 nitrogen and oxygen atoms in total. The van der Waals surface area contributed by atoms with Gasteiger partial charge < -0.3 is 35.1 Å². The van der Waals surface area contributed by atoms with Gasteiger partial charge in [0.1, 0.15) is 17.7 Å². The van der Waals surface area contributed by atoms with Gasteiger partial charge in [-0.05, 0) is 108 Å². The molecule has 3 aromatic carbocycles. The number of H-pyrrole nitrogens is 2. The number of hydrogen-bond donors (Lipinski definition) is 4. The molecule has 4 fully saturated rings. The maximum atomic E-state index is 16.7. The van der Waals surface area contributed by atoms with Crippen LogP contribution in [0.4, 0.5) is 13.6 Å². The molecule has 3 amide bonds. The van der Waals surface area contributed by atoms with Crippen LogP contribution in [0, 0.1) is 23.2 Å². The molecule has 2 bridgehead atoms. The fourth-order valence-corrected chi connectivity index (χ4v) is 11.3. The highest BCUT2D eigenvalue weighted by atomic mass is 19.3. The number of benzene rings is 3. The van der Waals surface area contributed by atoms with E-state index in [1.54, 1.807) is 30.5 Å². The summed E-state index contributed by atoms with van der Waals surface area (Å²) in [5.74, 6) is -1.86. The van der Waals surface area contributed by atoms with Crippen LogP contribution >= 0.6 is 0 Å². The Morgan fingerprint density at radius 1 is 0.875 bits per heavy atom. The quantitative estimate of drug-likeness (QED) is 0.103. The average Bonchev–Trinajstić information content (AvgIpc) is 3.93. The minimum absolute atomic E-state index is 0.0435. The molecule has 2 aliphatic heterocycles. The summed E-state index contributed by atoms with van der Waals surface area (Å²) >= 11 is 0. The van der Waals surface area contributed by atoms with Crippen LogP contribution in [0.3, 0.4) is 0 Å². The van der Waals surface area contributed by atoms with E-state index in [1.165, 1.54) is 14.0 Å². The predicted molar refractivity (Wildman–Crippen MR) is 240 cm³/mol. The third-order valence-corrected chi connectivity index (χ3v) is 14.8. The minimum Gasteiger partial charge on any atom is -0.453 e. The fourth-order valence-electron chi connectivity index (χ4n) is 11.3. The van der Waals surface area contributed by atoms with E-state index in [2.05, 4.69) is 32.1 Å². The first-order valence-electron chi connectivity index (χ1n) is 22.7. The molecule has 334 valence electrons. The molecule has 2 saturated heterocycles. The Labute approximate surface area is 371 Å². The van der Waals surface area contributed by atoms with Gasteiger partial charge in [0.05, 0.1) is 48.2 Å². The number of likely N-dealkylation sites (tertiary alicyclic amines) is 2. The molecule has 14 heteroatoms. The molecule has 5 aromatic rings. The van der Waals surface area contributed by atoms with Crippen LogP contribution in [0.2, 0.25) is 0 Å². The second-order valence-corrected chi connectivity index (χ2v) is 19.7. The first kappa shape index (κ1) is 41.9. The van der Waals surface area contributed by atoms with E-state index in [0.29, 0.717) is 33.8 Å². The molecule has 4 N–H and O–H groups in total. The summed E-state index contributed by atoms with van der Waals surface area (Å²) in [6, 6.07) is 15.1. The number of aromatic amines is 2. The van der Waals surface area contributed by atoms with Crippen molar-refractivity contribution in [3.05, 3.63) is 95.8 Å². The van der Waals surface area contributed by atoms with Crippen LogP contribution in [0.5, 0.6) is 0 Å². The molecule has 2 saturated carbocycles. The molecule has 3 aliphatic carbocycles. The van der Waals surface area contributed by atoms with Crippen molar-refractivity contribution in [1.29, 1.82) is 0 Å². The summed E-state index contributed by atoms with van der Waals surface area (Å²) in [4.78, 5) is 59.3. The molecule has 64 heavy (non-hydrogen) atoms. The zero-order valence-corrected chi connectivity index (χ0v) is 37.2. The number of carbonyl (C=O) groups is 3. The molecule has 1 spiro atoms. The third kappa shape index (κ3) is 6.95. The van der Waals surface area contributed by atoms with E-state index in [0.717, 1.165) is 73.2 Å². The molecule has 4 heterocycles. The summed E-state index contributed by atoms with van der Waals surface area (Å²) in [6.07, 6.45) is 7.15. The lowest BCUT2D eigenvalue weighted by atomic mass is 9.95. The Morgan fingerprint density at radius 3 is 2.22 bits per heavy atom. The van der Waals surface area contributed by atoms with Crippen molar-refractivity contribution in [3.63, 3.8) is 0 Å². The number of nitrogens with zero attached hydrogens (tertiary/aromatic N) is 4. The Morgan fingerprint density at radius 2 is 1.55 bits per heavy atom. The lowest BCUT2D eigenvalue weighted by Crippen LogP contribution is -2.53. The van der Waals surface area contributed by atoms with E-state index in [9.17, 15) is 14.4 Å². The summed E-state index contributed by atoms with van der Waals surface area (Å²) in [5, 5.41) is 5.83. The number of rotatable bonds is 11. The Balaban J connectivity index is 0.899. The van der Waals surface area contributed by atoms with Gasteiger partial charge in [-0.2, -0.15) is 8.78 Å². The van der Waals surface area contributed by atoms with Gasteiger partial charge in [-0.3, -0.25) is 9.59 Å². The summed E-state index contributed by atoms with van der Waals surface area (Å²) in [5.41, 5.74) is 6.07. The van der Waals surface area contributed by atoms with Gasteiger partial charge in [-0.25, -0.2) is 14.8 Å². The Bertz CT molecular complexity index is 2720. The first-order valence-corrected chi connectivity index (χ1v) is 22.7. The van der Waals surface area contributed by atoms with Crippen LogP contribution < -0.4 is 10.6 Å². The second-order valence-electron chi connectivity index (χ2n) is 19.7. The lowest BCUT2D eigenvalue weighted by molar-refractivity contribution is -0.141. The normalized spacial score (nSPS) is 23.2. The van der Waals surface area contributed by atoms with Crippen LogP contribution in [-0.2, 0) is 20.2 Å². The number of amides is 3. The van der Waals surface area contributed by atoms with Gasteiger partial charge in [-0.1, -0.05) is 64.6 Å². The van der Waals surface area contributed by atoms with Crippen molar-refractivity contribution in [2.45, 2.75) is 109 Å². The standard InChI is InChI=1S/C50H56F2N8O4/c1-25(2)42(58-48(63)64-7)27(5)59-24-49(16-17-49)22-41(59)45-53-23-40(57-45)31-10-14-35-34-13-9-29(19-36(34)50(51,52)37(35)20-31)30-11-15-38-39(21-30)56-46(55-38)44-32-8-12-33(18-32)60(44)47(62)43(26(3)4)54-28(6)61/h9-11,13-15,19-21,23,25-26,32-33,41-44H,5,8,12,16-18,22,24H2,1-4,6-7H3,(H,53,57)(H,54,61)(H,55,56)(H,58,63)/t32-,33?,41?,42?,43?,44?/m0/s1. The van der Waals surface area contributed by atoms with Gasteiger partial charge in [0, 0.05) is 41.9 Å². The third-order valence-electron chi connectivity index (χ3n) is 14.8. The predicted octanol–water partition coefficient (Wildman–Crippen LogP) is 9.37. The maximum Gasteiger partial charge on any atom is 0.407 e. The highest BCUT2D eigenvalue weighted by Crippen LogP contribution is 2.59. The number of halogens is 2. The summed E-state index contributed by atoms with van der Waals surface area (Å²) in [7, 11) is 1.35. The van der Waals surface area contributed by atoms with Crippen molar-refractivity contribution < 1.29 is 27.9 Å². The number of methoxy groups -OCH3 is 1. The van der Waals surface area contributed by atoms with Gasteiger partial charge in [-0.15, -0.1) is 0 Å². The summed E-state index contributed by atoms with van der Waals surface area (Å²) < 4.78 is 38.3. The Hall–Kier alpha value is -6.05. The highest BCUT2D eigenvalue weighted by Gasteiger charge is 2.54. The largest absolute Gasteiger partial charge is 0.453 e. The van der Waals surface area contributed by atoms with Crippen molar-refractivity contribution in [1.82, 2.24) is 40.4 Å². The van der Waals surface area contributed by atoms with Crippen molar-refractivity contribution >= 4 is 28.9 Å². The Kier molecular flexibility index (Phi) is 10.0. The number of piperidine rings is 1. The van der Waals surface area contributed by atoms with Crippen LogP contribution in [0.1, 0.15) is 108 Å². The maximum absolute atomic E-state index is 16.7. The molecule has 10 rings (SSSR count). The molecule has 0 radical (unpaired) electrons. The van der Waals surface area contributed by atoms with Crippen molar-refractivity contribution in [3.8, 4) is 33.5 Å². The zero-order chi connectivity index (χ0) is 45.0. The molecular formula is C50H56F2N8O4. The van der Waals surface area contributed by atoms with E-state index in [-0.39, 0.29) is 70.3 Å². The van der Waals surface area contributed by atoms with E-state index < -0.39 is 18.1 Å². The topological polar surface area (TPSA) is 148 Å². The van der Waals surface area contributed by atoms with Crippen LogP contribution in [-0.4, -0.2) is 79.4 Å². The van der Waals surface area contributed by atoms with Gasteiger partial charge in [0.2, 0.25) is 11.8 Å². The fraction of sp³-hybridized carbons (Fsp3) is 0.460. The molecule has 6 atom stereocenters. The number of ether oxygens (including phenoxy) is 1. The number of carbonyl (C=O) groups excluding carboxylic acids is 3. The monoisotopic (exact) mass is 870 g/mol. The zero-order valence-electron chi connectivity index (χ0n) is 37.2. The van der Waals surface area contributed by atoms with Crippen molar-refractivity contribution in [2.24, 2.45) is 23.2 Å². The van der Waals surface area contributed by atoms with Crippen LogP contribution in [0.15, 0.2) is 73.1 Å². The highest BCUT2D eigenvalue weighted by molar-refractivity contribution is 5.89. The molecule has 5 unspecified atom stereocenters. The van der Waals surface area contributed by atoms with Crippen molar-refractivity contribution in [2.75, 3.05) is 13.7 Å². The molecule has 5 aliphatic rings. The van der Waals surface area contributed by atoms with Gasteiger partial charge >= 0.3 is 6.09 Å². The van der Waals surface area contributed by atoms with Gasteiger partial charge in [0.15, 0.2) is 0 Å². The number of nitrogens with one attached hydrogen (secondary N) is 4. The molecular weight excluding hydrogens is 815 g/mol. The second kappa shape index (κ2) is 15.3. The smallest absolute Gasteiger partial charge is 0.407 e. The number of aromatic nitrogens is 4. The molecule has 2 aromatic heterocycles. The SMILES string of the molecule is C=C(C(NC(=O)OC)C(C)C)N1CC2(CC2)CC1c1ncc(-c2ccc3c(c2)C(F)(F)c2cc(-c4ccc5nc(C6[C@H]7CCC(C7)N6C(=O)C(NC(C)=O)C(C)C)[nH]c5c4)ccc2-3)[nH]1. The number of alkyl carbamates (subject to hydrolysis) is 1. The number of imidazole rings is 2. The van der Waals surface area contributed by atoms with E-state index in [4.69, 9.17) is 14.7 Å². The minimum atomic E-state index is -3.25. The lowest BCUT2D eigenvalue weighted by Gasteiger charge is -2.37. The number of alkyl halides is 2. The summed E-state index contributed by atoms with van der Waals surface area (Å²) in [6.45, 7) is 14.6. The van der Waals surface area contributed by atoms with E-state index >= 15 is 8.78 Å². The van der Waals surface area contributed by atoms with Gasteiger partial charge in [0.25, 0.3) is 5.92 Å².